The summed E-state index contributed by atoms with van der Waals surface area (Å²) in [6.45, 7) is 9.80. The molecule has 106 valence electrons. The summed E-state index contributed by atoms with van der Waals surface area (Å²) in [6.07, 6.45) is 10.1. The minimum Gasteiger partial charge on any atom is -0.316 e. The number of nitrogens with one attached hydrogen (secondary N) is 1. The van der Waals surface area contributed by atoms with Crippen molar-refractivity contribution >= 4 is 0 Å². The SMILES string of the molecule is CCC1CCCC(N(CC)CC2CCCNC2)C1. The first-order valence-corrected chi connectivity index (χ1v) is 8.28. The molecule has 2 nitrogen and oxygen atoms in total. The zero-order chi connectivity index (χ0) is 12.8. The largest absolute Gasteiger partial charge is 0.316 e. The van der Waals surface area contributed by atoms with Gasteiger partial charge in [-0.3, -0.25) is 0 Å². The Hall–Kier alpha value is -0.0800. The number of hydrogen-bond acceptors (Lipinski definition) is 2. The maximum Gasteiger partial charge on any atom is 0.00979 e. The molecule has 1 saturated carbocycles. The van der Waals surface area contributed by atoms with Crippen LogP contribution >= 0.6 is 0 Å². The van der Waals surface area contributed by atoms with Crippen molar-refractivity contribution in [2.45, 2.75) is 64.8 Å². The van der Waals surface area contributed by atoms with Gasteiger partial charge in [0, 0.05) is 12.6 Å². The molecule has 0 bridgehead atoms. The Balaban J connectivity index is 1.82. The molecule has 0 spiro atoms. The molecule has 0 aromatic heterocycles. The van der Waals surface area contributed by atoms with E-state index in [1.807, 2.05) is 0 Å². The van der Waals surface area contributed by atoms with Gasteiger partial charge in [-0.25, -0.2) is 0 Å². The van der Waals surface area contributed by atoms with Crippen molar-refractivity contribution in [2.75, 3.05) is 26.2 Å². The smallest absolute Gasteiger partial charge is 0.00979 e. The maximum atomic E-state index is 3.56. The predicted octanol–water partition coefficient (Wildman–Crippen LogP) is 3.28. The Kier molecular flexibility index (Phi) is 5.97. The van der Waals surface area contributed by atoms with Gasteiger partial charge in [0.25, 0.3) is 0 Å². The van der Waals surface area contributed by atoms with Gasteiger partial charge in [-0.15, -0.1) is 0 Å². The highest BCUT2D eigenvalue weighted by Gasteiger charge is 2.27. The molecule has 2 aliphatic rings. The van der Waals surface area contributed by atoms with Crippen LogP contribution in [-0.2, 0) is 0 Å². The summed E-state index contributed by atoms with van der Waals surface area (Å²) in [5.41, 5.74) is 0. The van der Waals surface area contributed by atoms with E-state index >= 15 is 0 Å². The minimum absolute atomic E-state index is 0.885. The summed E-state index contributed by atoms with van der Waals surface area (Å²) in [5.74, 6) is 1.91. The first-order chi connectivity index (χ1) is 8.83. The highest BCUT2D eigenvalue weighted by molar-refractivity contribution is 4.82. The van der Waals surface area contributed by atoms with Gasteiger partial charge in [-0.1, -0.05) is 33.1 Å². The fraction of sp³-hybridized carbons (Fsp3) is 1.00. The van der Waals surface area contributed by atoms with Gasteiger partial charge in [0.05, 0.1) is 0 Å². The van der Waals surface area contributed by atoms with Crippen LogP contribution in [0.1, 0.15) is 58.8 Å². The van der Waals surface area contributed by atoms with Crippen molar-refractivity contribution in [3.63, 3.8) is 0 Å². The first-order valence-electron chi connectivity index (χ1n) is 8.28. The molecule has 18 heavy (non-hydrogen) atoms. The number of rotatable bonds is 5. The molecule has 3 unspecified atom stereocenters. The van der Waals surface area contributed by atoms with E-state index in [0.717, 1.165) is 17.9 Å². The average molecular weight is 252 g/mol. The number of nitrogens with zero attached hydrogens (tertiary/aromatic N) is 1. The monoisotopic (exact) mass is 252 g/mol. The van der Waals surface area contributed by atoms with Gasteiger partial charge in [-0.2, -0.15) is 0 Å². The van der Waals surface area contributed by atoms with E-state index in [-0.39, 0.29) is 0 Å². The predicted molar refractivity (Wildman–Crippen MR) is 78.9 cm³/mol. The highest BCUT2D eigenvalue weighted by atomic mass is 15.2. The van der Waals surface area contributed by atoms with Crippen molar-refractivity contribution in [3.05, 3.63) is 0 Å². The molecule has 3 atom stereocenters. The van der Waals surface area contributed by atoms with Gasteiger partial charge in [0.2, 0.25) is 0 Å². The number of hydrogen-bond donors (Lipinski definition) is 1. The van der Waals surface area contributed by atoms with Crippen molar-refractivity contribution in [3.8, 4) is 0 Å². The van der Waals surface area contributed by atoms with Gasteiger partial charge < -0.3 is 10.2 Å². The second-order valence-electron chi connectivity index (χ2n) is 6.39. The Morgan fingerprint density at radius 2 is 1.89 bits per heavy atom. The molecule has 1 aliphatic carbocycles. The van der Waals surface area contributed by atoms with Crippen LogP contribution in [0.4, 0.5) is 0 Å². The molecular weight excluding hydrogens is 220 g/mol. The van der Waals surface area contributed by atoms with Crippen LogP contribution in [0, 0.1) is 11.8 Å². The summed E-state index contributed by atoms with van der Waals surface area (Å²) < 4.78 is 0. The lowest BCUT2D eigenvalue weighted by atomic mass is 9.83. The van der Waals surface area contributed by atoms with E-state index in [2.05, 4.69) is 24.1 Å². The van der Waals surface area contributed by atoms with E-state index in [4.69, 9.17) is 0 Å². The van der Waals surface area contributed by atoms with E-state index in [1.165, 1.54) is 71.1 Å². The average Bonchev–Trinajstić information content (AvgIpc) is 2.46. The molecule has 2 fully saturated rings. The normalized spacial score (nSPS) is 33.8. The summed E-state index contributed by atoms with van der Waals surface area (Å²) in [6, 6.07) is 0.885. The van der Waals surface area contributed by atoms with E-state index in [9.17, 15) is 0 Å². The van der Waals surface area contributed by atoms with Gasteiger partial charge in [0.1, 0.15) is 0 Å². The maximum absolute atomic E-state index is 3.56. The Morgan fingerprint density at radius 3 is 2.56 bits per heavy atom. The summed E-state index contributed by atoms with van der Waals surface area (Å²) in [5, 5.41) is 3.56. The lowest BCUT2D eigenvalue weighted by Crippen LogP contribution is -2.44. The third-order valence-electron chi connectivity index (χ3n) is 5.15. The molecule has 0 radical (unpaired) electrons. The van der Waals surface area contributed by atoms with Crippen molar-refractivity contribution in [1.29, 1.82) is 0 Å². The molecule has 0 aromatic carbocycles. The minimum atomic E-state index is 0.885. The molecule has 2 heteroatoms. The molecule has 1 saturated heterocycles. The fourth-order valence-electron chi connectivity index (χ4n) is 3.91. The van der Waals surface area contributed by atoms with Crippen LogP contribution in [0.25, 0.3) is 0 Å². The second-order valence-corrected chi connectivity index (χ2v) is 6.39. The molecular formula is C16H32N2. The van der Waals surface area contributed by atoms with Crippen LogP contribution in [0.2, 0.25) is 0 Å². The second kappa shape index (κ2) is 7.49. The first kappa shape index (κ1) is 14.3. The van der Waals surface area contributed by atoms with E-state index in [1.54, 1.807) is 0 Å². The molecule has 0 amide bonds. The zero-order valence-electron chi connectivity index (χ0n) is 12.5. The number of piperidine rings is 1. The zero-order valence-corrected chi connectivity index (χ0v) is 12.5. The summed E-state index contributed by atoms with van der Waals surface area (Å²) in [7, 11) is 0. The van der Waals surface area contributed by atoms with E-state index in [0.29, 0.717) is 0 Å². The standard InChI is InChI=1S/C16H32N2/c1-3-14-7-5-9-16(11-14)18(4-2)13-15-8-6-10-17-12-15/h14-17H,3-13H2,1-2H3. The van der Waals surface area contributed by atoms with Crippen LogP contribution in [0.15, 0.2) is 0 Å². The van der Waals surface area contributed by atoms with Crippen molar-refractivity contribution < 1.29 is 0 Å². The highest BCUT2D eigenvalue weighted by Crippen LogP contribution is 2.30. The Morgan fingerprint density at radius 1 is 1.06 bits per heavy atom. The van der Waals surface area contributed by atoms with Crippen LogP contribution < -0.4 is 5.32 Å². The Labute approximate surface area is 114 Å². The lowest BCUT2D eigenvalue weighted by Gasteiger charge is -2.39. The summed E-state index contributed by atoms with van der Waals surface area (Å²) in [4.78, 5) is 2.79. The Bertz CT molecular complexity index is 223. The quantitative estimate of drug-likeness (QED) is 0.808. The van der Waals surface area contributed by atoms with Crippen LogP contribution in [0.5, 0.6) is 0 Å². The topological polar surface area (TPSA) is 15.3 Å². The molecule has 1 heterocycles. The molecule has 0 aromatic rings. The summed E-state index contributed by atoms with van der Waals surface area (Å²) >= 11 is 0. The molecule has 1 N–H and O–H groups in total. The van der Waals surface area contributed by atoms with Crippen molar-refractivity contribution in [1.82, 2.24) is 10.2 Å². The van der Waals surface area contributed by atoms with Crippen molar-refractivity contribution in [2.24, 2.45) is 11.8 Å². The third kappa shape index (κ3) is 3.96. The van der Waals surface area contributed by atoms with Gasteiger partial charge in [0.15, 0.2) is 0 Å². The lowest BCUT2D eigenvalue weighted by molar-refractivity contribution is 0.109. The third-order valence-corrected chi connectivity index (χ3v) is 5.15. The molecule has 2 rings (SSSR count). The molecule has 1 aliphatic heterocycles. The van der Waals surface area contributed by atoms with Crippen LogP contribution in [0.3, 0.4) is 0 Å². The van der Waals surface area contributed by atoms with Gasteiger partial charge in [-0.05, 0) is 57.2 Å². The van der Waals surface area contributed by atoms with E-state index < -0.39 is 0 Å². The van der Waals surface area contributed by atoms with Gasteiger partial charge >= 0.3 is 0 Å². The van der Waals surface area contributed by atoms with Crippen LogP contribution in [-0.4, -0.2) is 37.1 Å². The fourth-order valence-corrected chi connectivity index (χ4v) is 3.91.